The molecule has 0 bridgehead atoms. The Bertz CT molecular complexity index is 893. The minimum absolute atomic E-state index is 0.143. The predicted octanol–water partition coefficient (Wildman–Crippen LogP) is 4.63. The minimum Gasteiger partial charge on any atom is -0.496 e. The van der Waals surface area contributed by atoms with Gasteiger partial charge < -0.3 is 10.1 Å². The smallest absolute Gasteiger partial charge is 0.275 e. The zero-order valence-electron chi connectivity index (χ0n) is 16.4. The van der Waals surface area contributed by atoms with Gasteiger partial charge in [0.1, 0.15) is 17.3 Å². The van der Waals surface area contributed by atoms with E-state index in [1.54, 1.807) is 7.11 Å². The Morgan fingerprint density at radius 3 is 2.52 bits per heavy atom. The SMILES string of the molecule is COc1ccc(/C=C2/N=C(CCc3ccc(C)cc3)NC2=O)cc1C(C)C. The van der Waals surface area contributed by atoms with Crippen LogP contribution in [0.25, 0.3) is 6.08 Å². The van der Waals surface area contributed by atoms with Crippen molar-refractivity contribution in [2.24, 2.45) is 4.99 Å². The number of carbonyl (C=O) groups is 1. The third kappa shape index (κ3) is 4.64. The van der Waals surface area contributed by atoms with Crippen molar-refractivity contribution in [3.05, 3.63) is 70.4 Å². The van der Waals surface area contributed by atoms with E-state index in [9.17, 15) is 4.79 Å². The summed E-state index contributed by atoms with van der Waals surface area (Å²) in [4.78, 5) is 16.8. The first kappa shape index (κ1) is 18.9. The van der Waals surface area contributed by atoms with E-state index in [2.05, 4.69) is 61.4 Å². The van der Waals surface area contributed by atoms with Gasteiger partial charge in [-0.1, -0.05) is 49.7 Å². The lowest BCUT2D eigenvalue weighted by molar-refractivity contribution is -0.115. The molecule has 140 valence electrons. The lowest BCUT2D eigenvalue weighted by Crippen LogP contribution is -2.24. The first-order chi connectivity index (χ1) is 13.0. The van der Waals surface area contributed by atoms with E-state index < -0.39 is 0 Å². The van der Waals surface area contributed by atoms with E-state index in [0.717, 1.165) is 29.1 Å². The standard InChI is InChI=1S/C23H26N2O2/c1-15(2)19-13-18(9-11-21(19)27-4)14-20-23(26)25-22(24-20)12-10-17-7-5-16(3)6-8-17/h5-9,11,13-15H,10,12H2,1-4H3,(H,24,25,26)/b20-14+. The monoisotopic (exact) mass is 362 g/mol. The van der Waals surface area contributed by atoms with Gasteiger partial charge in [-0.3, -0.25) is 4.79 Å². The van der Waals surface area contributed by atoms with Gasteiger partial charge in [-0.25, -0.2) is 4.99 Å². The molecule has 0 spiro atoms. The van der Waals surface area contributed by atoms with Crippen LogP contribution in [0.4, 0.5) is 0 Å². The molecule has 0 saturated carbocycles. The third-order valence-corrected chi connectivity index (χ3v) is 4.70. The number of carbonyl (C=O) groups excluding carboxylic acids is 1. The third-order valence-electron chi connectivity index (χ3n) is 4.70. The minimum atomic E-state index is -0.143. The van der Waals surface area contributed by atoms with E-state index in [-0.39, 0.29) is 5.91 Å². The van der Waals surface area contributed by atoms with Gasteiger partial charge in [0.2, 0.25) is 0 Å². The molecule has 0 radical (unpaired) electrons. The number of benzene rings is 2. The molecule has 1 N–H and O–H groups in total. The fraction of sp³-hybridized carbons (Fsp3) is 0.304. The molecule has 1 amide bonds. The number of nitrogens with one attached hydrogen (secondary N) is 1. The molecule has 1 heterocycles. The van der Waals surface area contributed by atoms with Crippen molar-refractivity contribution >= 4 is 17.8 Å². The van der Waals surface area contributed by atoms with Gasteiger partial charge in [0.05, 0.1) is 7.11 Å². The Morgan fingerprint density at radius 1 is 1.11 bits per heavy atom. The molecule has 0 unspecified atom stereocenters. The number of nitrogens with zero attached hydrogens (tertiary/aromatic N) is 1. The molecule has 1 aliphatic heterocycles. The number of ether oxygens (including phenoxy) is 1. The summed E-state index contributed by atoms with van der Waals surface area (Å²) in [6, 6.07) is 14.4. The zero-order valence-corrected chi connectivity index (χ0v) is 16.4. The summed E-state index contributed by atoms with van der Waals surface area (Å²) in [7, 11) is 1.67. The van der Waals surface area contributed by atoms with Crippen LogP contribution >= 0.6 is 0 Å². The van der Waals surface area contributed by atoms with Crippen LogP contribution in [0.5, 0.6) is 5.75 Å². The summed E-state index contributed by atoms with van der Waals surface area (Å²) in [5, 5.41) is 2.88. The molecular weight excluding hydrogens is 336 g/mol. The van der Waals surface area contributed by atoms with E-state index >= 15 is 0 Å². The molecule has 0 atom stereocenters. The van der Waals surface area contributed by atoms with Crippen molar-refractivity contribution in [3.8, 4) is 5.75 Å². The largest absolute Gasteiger partial charge is 0.496 e. The second-order valence-corrected chi connectivity index (χ2v) is 7.18. The highest BCUT2D eigenvalue weighted by Crippen LogP contribution is 2.28. The molecule has 2 aromatic rings. The Hall–Kier alpha value is -2.88. The Kier molecular flexibility index (Phi) is 5.75. The van der Waals surface area contributed by atoms with Crippen LogP contribution in [0.2, 0.25) is 0 Å². The molecule has 27 heavy (non-hydrogen) atoms. The van der Waals surface area contributed by atoms with Crippen molar-refractivity contribution in [1.29, 1.82) is 0 Å². The van der Waals surface area contributed by atoms with E-state index in [4.69, 9.17) is 4.74 Å². The molecule has 4 nitrogen and oxygen atoms in total. The molecule has 0 saturated heterocycles. The highest BCUT2D eigenvalue weighted by atomic mass is 16.5. The fourth-order valence-corrected chi connectivity index (χ4v) is 3.10. The Labute approximate surface area is 161 Å². The quantitative estimate of drug-likeness (QED) is 0.762. The maximum absolute atomic E-state index is 12.3. The van der Waals surface area contributed by atoms with Gasteiger partial charge in [0.15, 0.2) is 0 Å². The summed E-state index contributed by atoms with van der Waals surface area (Å²) in [5.74, 6) is 1.79. The number of amidine groups is 1. The summed E-state index contributed by atoms with van der Waals surface area (Å²) in [5.41, 5.74) is 5.01. The van der Waals surface area contributed by atoms with Gasteiger partial charge >= 0.3 is 0 Å². The molecule has 0 aromatic heterocycles. The molecule has 0 aliphatic carbocycles. The van der Waals surface area contributed by atoms with Gasteiger partial charge in [-0.05, 0) is 54.2 Å². The van der Waals surface area contributed by atoms with Gasteiger partial charge in [-0.15, -0.1) is 0 Å². The maximum Gasteiger partial charge on any atom is 0.275 e. The highest BCUT2D eigenvalue weighted by molar-refractivity contribution is 6.14. The lowest BCUT2D eigenvalue weighted by atomic mass is 9.99. The van der Waals surface area contributed by atoms with Crippen LogP contribution in [0.1, 0.15) is 48.4 Å². The summed E-state index contributed by atoms with van der Waals surface area (Å²) in [6.45, 7) is 6.32. The molecular formula is C23H26N2O2. The van der Waals surface area contributed by atoms with Gasteiger partial charge in [0, 0.05) is 6.42 Å². The van der Waals surface area contributed by atoms with Crippen LogP contribution < -0.4 is 10.1 Å². The summed E-state index contributed by atoms with van der Waals surface area (Å²) >= 11 is 0. The molecule has 4 heteroatoms. The zero-order chi connectivity index (χ0) is 19.4. The van der Waals surface area contributed by atoms with Crippen LogP contribution in [-0.4, -0.2) is 18.9 Å². The number of hydrogen-bond donors (Lipinski definition) is 1. The molecule has 1 aliphatic rings. The average molecular weight is 362 g/mol. The van der Waals surface area contributed by atoms with E-state index in [0.29, 0.717) is 18.0 Å². The first-order valence-electron chi connectivity index (χ1n) is 9.30. The topological polar surface area (TPSA) is 50.7 Å². The number of aliphatic imine (C=N–C) groups is 1. The van der Waals surface area contributed by atoms with Gasteiger partial charge in [0.25, 0.3) is 5.91 Å². The van der Waals surface area contributed by atoms with Crippen molar-refractivity contribution in [3.63, 3.8) is 0 Å². The van der Waals surface area contributed by atoms with Crippen molar-refractivity contribution in [1.82, 2.24) is 5.32 Å². The molecule has 2 aromatic carbocycles. The van der Waals surface area contributed by atoms with Crippen molar-refractivity contribution < 1.29 is 9.53 Å². The fourth-order valence-electron chi connectivity index (χ4n) is 3.10. The molecule has 0 fully saturated rings. The predicted molar refractivity (Wildman–Crippen MR) is 110 cm³/mol. The van der Waals surface area contributed by atoms with Crippen LogP contribution in [0, 0.1) is 6.92 Å². The van der Waals surface area contributed by atoms with Gasteiger partial charge in [-0.2, -0.15) is 0 Å². The van der Waals surface area contributed by atoms with E-state index in [1.807, 2.05) is 18.2 Å². The van der Waals surface area contributed by atoms with Crippen molar-refractivity contribution in [2.45, 2.75) is 39.5 Å². The number of rotatable bonds is 6. The normalized spacial score (nSPS) is 15.2. The summed E-state index contributed by atoms with van der Waals surface area (Å²) in [6.07, 6.45) is 3.40. The Morgan fingerprint density at radius 2 is 1.85 bits per heavy atom. The second-order valence-electron chi connectivity index (χ2n) is 7.18. The first-order valence-corrected chi connectivity index (χ1v) is 9.30. The Balaban J connectivity index is 1.75. The van der Waals surface area contributed by atoms with Crippen LogP contribution in [-0.2, 0) is 11.2 Å². The van der Waals surface area contributed by atoms with Crippen LogP contribution in [0.15, 0.2) is 53.2 Å². The van der Waals surface area contributed by atoms with E-state index in [1.165, 1.54) is 11.1 Å². The number of hydrogen-bond acceptors (Lipinski definition) is 3. The second kappa shape index (κ2) is 8.21. The van der Waals surface area contributed by atoms with Crippen LogP contribution in [0.3, 0.4) is 0 Å². The summed E-state index contributed by atoms with van der Waals surface area (Å²) < 4.78 is 5.42. The average Bonchev–Trinajstić information content (AvgIpc) is 3.00. The van der Waals surface area contributed by atoms with Crippen molar-refractivity contribution in [2.75, 3.05) is 7.11 Å². The lowest BCUT2D eigenvalue weighted by Gasteiger charge is -2.12. The number of amides is 1. The molecule has 3 rings (SSSR count). The highest BCUT2D eigenvalue weighted by Gasteiger charge is 2.20. The maximum atomic E-state index is 12.3. The number of methoxy groups -OCH3 is 1. The number of aryl methyl sites for hydroxylation is 2.